The lowest BCUT2D eigenvalue weighted by Gasteiger charge is -2.09. The average molecular weight is 269 g/mol. The van der Waals surface area contributed by atoms with Crippen LogP contribution in [0.25, 0.3) is 0 Å². The molecule has 0 atom stereocenters. The Bertz CT molecular complexity index is 406. The van der Waals surface area contributed by atoms with Crippen molar-refractivity contribution in [1.29, 1.82) is 0 Å². The number of alkyl halides is 5. The molecule has 0 amide bonds. The number of benzene rings is 1. The highest BCUT2D eigenvalue weighted by Crippen LogP contribution is 2.29. The summed E-state index contributed by atoms with van der Waals surface area (Å²) in [5, 5.41) is 0. The van der Waals surface area contributed by atoms with Crippen molar-refractivity contribution in [3.63, 3.8) is 0 Å². The molecule has 1 aromatic rings. The molecule has 17 heavy (non-hydrogen) atoms. The summed E-state index contributed by atoms with van der Waals surface area (Å²) in [5.41, 5.74) is -1.44. The number of hydrogen-bond acceptors (Lipinski definition) is 1. The largest absolute Gasteiger partial charge is 0.294 e. The quantitative estimate of drug-likeness (QED) is 0.440. The van der Waals surface area contributed by atoms with Gasteiger partial charge in [0.15, 0.2) is 5.78 Å². The molecule has 0 aromatic heterocycles. The zero-order valence-electron chi connectivity index (χ0n) is 8.60. The lowest BCUT2D eigenvalue weighted by molar-refractivity contribution is 0.0973. The van der Waals surface area contributed by atoms with Crippen molar-refractivity contribution in [2.24, 2.45) is 0 Å². The van der Waals surface area contributed by atoms with E-state index >= 15 is 0 Å². The van der Waals surface area contributed by atoms with Crippen molar-refractivity contribution in [3.8, 4) is 0 Å². The molecular formula is C11H9ClF4O. The van der Waals surface area contributed by atoms with Crippen LogP contribution in [0, 0.1) is 0 Å². The second kappa shape index (κ2) is 6.00. The van der Waals surface area contributed by atoms with Crippen molar-refractivity contribution >= 4 is 17.4 Å². The third-order valence-electron chi connectivity index (χ3n) is 2.18. The van der Waals surface area contributed by atoms with Crippen molar-refractivity contribution in [3.05, 3.63) is 34.9 Å². The number of carbonyl (C=O) groups is 1. The van der Waals surface area contributed by atoms with Gasteiger partial charge in [0, 0.05) is 29.0 Å². The monoisotopic (exact) mass is 268 g/mol. The lowest BCUT2D eigenvalue weighted by Crippen LogP contribution is -2.06. The van der Waals surface area contributed by atoms with E-state index in [-0.39, 0.29) is 17.9 Å². The van der Waals surface area contributed by atoms with Crippen LogP contribution >= 0.6 is 11.6 Å². The van der Waals surface area contributed by atoms with Gasteiger partial charge in [0.05, 0.1) is 0 Å². The Kier molecular flexibility index (Phi) is 4.93. The molecule has 0 spiro atoms. The van der Waals surface area contributed by atoms with Crippen LogP contribution in [0.5, 0.6) is 0 Å². The standard InChI is InChI=1S/C11H9ClF4O/c12-4-3-9(17)7-2-1-6(10(13)14)5-8(7)11(15)16/h1-2,5,10-11H,3-4H2. The molecule has 0 saturated heterocycles. The fraction of sp³-hybridized carbons (Fsp3) is 0.364. The minimum absolute atomic E-state index is 0.00187. The van der Waals surface area contributed by atoms with Crippen LogP contribution in [0.15, 0.2) is 18.2 Å². The van der Waals surface area contributed by atoms with E-state index in [1.807, 2.05) is 0 Å². The molecular weight excluding hydrogens is 260 g/mol. The predicted molar refractivity (Wildman–Crippen MR) is 56.0 cm³/mol. The van der Waals surface area contributed by atoms with E-state index in [0.29, 0.717) is 6.07 Å². The van der Waals surface area contributed by atoms with Crippen LogP contribution in [0.3, 0.4) is 0 Å². The van der Waals surface area contributed by atoms with Crippen LogP contribution in [0.1, 0.15) is 40.8 Å². The molecule has 0 aliphatic heterocycles. The van der Waals surface area contributed by atoms with Gasteiger partial charge in [0.2, 0.25) is 0 Å². The Morgan fingerprint density at radius 1 is 1.18 bits per heavy atom. The van der Waals surface area contributed by atoms with Gasteiger partial charge in [-0.25, -0.2) is 17.6 Å². The van der Waals surface area contributed by atoms with Gasteiger partial charge in [0.1, 0.15) is 0 Å². The second-order valence-corrected chi connectivity index (χ2v) is 3.69. The smallest absolute Gasteiger partial charge is 0.264 e. The highest BCUT2D eigenvalue weighted by Gasteiger charge is 2.20. The summed E-state index contributed by atoms with van der Waals surface area (Å²) in [6.07, 6.45) is -5.91. The zero-order chi connectivity index (χ0) is 13.0. The van der Waals surface area contributed by atoms with Gasteiger partial charge in [-0.15, -0.1) is 11.6 Å². The molecule has 0 bridgehead atoms. The number of halogens is 5. The molecule has 0 aliphatic rings. The van der Waals surface area contributed by atoms with E-state index in [4.69, 9.17) is 11.6 Å². The SMILES string of the molecule is O=C(CCCl)c1ccc(C(F)F)cc1C(F)F. The highest BCUT2D eigenvalue weighted by atomic mass is 35.5. The maximum Gasteiger partial charge on any atom is 0.264 e. The van der Waals surface area contributed by atoms with Crippen molar-refractivity contribution in [1.82, 2.24) is 0 Å². The van der Waals surface area contributed by atoms with E-state index in [0.717, 1.165) is 12.1 Å². The normalized spacial score (nSPS) is 11.2. The maximum absolute atomic E-state index is 12.6. The number of hydrogen-bond donors (Lipinski definition) is 0. The first-order valence-electron chi connectivity index (χ1n) is 4.76. The zero-order valence-corrected chi connectivity index (χ0v) is 9.35. The van der Waals surface area contributed by atoms with Gasteiger partial charge in [-0.1, -0.05) is 12.1 Å². The van der Waals surface area contributed by atoms with E-state index in [2.05, 4.69) is 0 Å². The number of rotatable bonds is 5. The van der Waals surface area contributed by atoms with E-state index in [9.17, 15) is 22.4 Å². The average Bonchev–Trinajstić information content (AvgIpc) is 2.28. The Labute approximate surface area is 100 Å². The van der Waals surface area contributed by atoms with Gasteiger partial charge >= 0.3 is 0 Å². The highest BCUT2D eigenvalue weighted by molar-refractivity contribution is 6.19. The molecule has 0 unspecified atom stereocenters. The summed E-state index contributed by atoms with van der Waals surface area (Å²) in [6.45, 7) is 0. The molecule has 0 fully saturated rings. The fourth-order valence-electron chi connectivity index (χ4n) is 1.37. The predicted octanol–water partition coefficient (Wildman–Crippen LogP) is 4.37. The van der Waals surface area contributed by atoms with Crippen LogP contribution < -0.4 is 0 Å². The molecule has 0 radical (unpaired) electrons. The molecule has 0 heterocycles. The maximum atomic E-state index is 12.6. The first-order valence-corrected chi connectivity index (χ1v) is 5.30. The minimum Gasteiger partial charge on any atom is -0.294 e. The minimum atomic E-state index is -2.97. The van der Waals surface area contributed by atoms with Crippen LogP contribution in [-0.2, 0) is 0 Å². The van der Waals surface area contributed by atoms with E-state index in [1.54, 1.807) is 0 Å². The van der Waals surface area contributed by atoms with E-state index < -0.39 is 29.8 Å². The summed E-state index contributed by atoms with van der Waals surface area (Å²) in [4.78, 5) is 11.4. The summed E-state index contributed by atoms with van der Waals surface area (Å²) in [5.74, 6) is -0.575. The number of carbonyl (C=O) groups excluding carboxylic acids is 1. The molecule has 1 nitrogen and oxygen atoms in total. The van der Waals surface area contributed by atoms with Crippen LogP contribution in [0.4, 0.5) is 17.6 Å². The number of Topliss-reactive ketones (excluding diaryl/α,β-unsaturated/α-hetero) is 1. The molecule has 1 rings (SSSR count). The number of ketones is 1. The Hall–Kier alpha value is -1.10. The molecule has 94 valence electrons. The first kappa shape index (κ1) is 14.0. The van der Waals surface area contributed by atoms with Crippen LogP contribution in [0.2, 0.25) is 0 Å². The molecule has 0 N–H and O–H groups in total. The summed E-state index contributed by atoms with van der Waals surface area (Å²) in [6, 6.07) is 2.63. The van der Waals surface area contributed by atoms with Crippen molar-refractivity contribution in [2.45, 2.75) is 19.3 Å². The summed E-state index contributed by atoms with van der Waals surface area (Å²) in [7, 11) is 0. The molecule has 1 aromatic carbocycles. The van der Waals surface area contributed by atoms with E-state index in [1.165, 1.54) is 0 Å². The Morgan fingerprint density at radius 3 is 2.29 bits per heavy atom. The van der Waals surface area contributed by atoms with Gasteiger partial charge in [-0.3, -0.25) is 4.79 Å². The third kappa shape index (κ3) is 3.43. The van der Waals surface area contributed by atoms with Crippen molar-refractivity contribution < 1.29 is 22.4 Å². The Morgan fingerprint density at radius 2 is 1.82 bits per heavy atom. The Balaban J connectivity index is 3.17. The topological polar surface area (TPSA) is 17.1 Å². The summed E-state index contributed by atoms with van der Waals surface area (Å²) >= 11 is 5.33. The van der Waals surface area contributed by atoms with Gasteiger partial charge < -0.3 is 0 Å². The van der Waals surface area contributed by atoms with Gasteiger partial charge in [0.25, 0.3) is 12.9 Å². The fourth-order valence-corrected chi connectivity index (χ4v) is 1.54. The first-order chi connectivity index (χ1) is 7.97. The summed E-state index contributed by atoms with van der Waals surface area (Å²) < 4.78 is 50.0. The van der Waals surface area contributed by atoms with Gasteiger partial charge in [-0.05, 0) is 6.07 Å². The van der Waals surface area contributed by atoms with Crippen LogP contribution in [-0.4, -0.2) is 11.7 Å². The van der Waals surface area contributed by atoms with Crippen molar-refractivity contribution in [2.75, 3.05) is 5.88 Å². The molecule has 0 aliphatic carbocycles. The third-order valence-corrected chi connectivity index (χ3v) is 2.37. The molecule has 6 heteroatoms. The molecule has 0 saturated carbocycles. The lowest BCUT2D eigenvalue weighted by atomic mass is 9.99. The van der Waals surface area contributed by atoms with Gasteiger partial charge in [-0.2, -0.15) is 0 Å². The second-order valence-electron chi connectivity index (χ2n) is 3.31.